The number of anilines is 2. The first kappa shape index (κ1) is 10.6. The zero-order valence-corrected chi connectivity index (χ0v) is 10.0. The highest BCUT2D eigenvalue weighted by Gasteiger charge is 2.18. The molecule has 2 aromatic carbocycles. The van der Waals surface area contributed by atoms with E-state index in [1.807, 2.05) is 36.4 Å². The molecular weight excluding hydrogens is 234 g/mol. The van der Waals surface area contributed by atoms with E-state index in [9.17, 15) is 0 Å². The van der Waals surface area contributed by atoms with Crippen LogP contribution in [0, 0.1) is 0 Å². The third kappa shape index (κ3) is 2.02. The van der Waals surface area contributed by atoms with Gasteiger partial charge in [0.1, 0.15) is 6.73 Å². The number of para-hydroxylation sites is 1. The first-order valence-corrected chi connectivity index (χ1v) is 5.91. The van der Waals surface area contributed by atoms with Crippen LogP contribution in [-0.2, 0) is 11.3 Å². The van der Waals surface area contributed by atoms with Crippen LogP contribution in [0.25, 0.3) is 0 Å². The number of ether oxygens (including phenoxy) is 1. The molecule has 0 unspecified atom stereocenters. The van der Waals surface area contributed by atoms with Gasteiger partial charge in [-0.15, -0.1) is 0 Å². The maximum atomic E-state index is 6.00. The van der Waals surface area contributed by atoms with Crippen LogP contribution < -0.4 is 4.90 Å². The Morgan fingerprint density at radius 1 is 1.06 bits per heavy atom. The number of fused-ring (bicyclic) bond motifs is 1. The molecular formula is C14H12ClNO. The fourth-order valence-corrected chi connectivity index (χ4v) is 2.27. The normalized spacial score (nSPS) is 14.5. The Balaban J connectivity index is 2.06. The van der Waals surface area contributed by atoms with E-state index in [-0.39, 0.29) is 0 Å². The lowest BCUT2D eigenvalue weighted by Gasteiger charge is -2.31. The Kier molecular flexibility index (Phi) is 2.75. The SMILES string of the molecule is Clc1ccc2c(c1)COCN2c1ccccc1. The van der Waals surface area contributed by atoms with E-state index >= 15 is 0 Å². The van der Waals surface area contributed by atoms with E-state index in [4.69, 9.17) is 16.3 Å². The van der Waals surface area contributed by atoms with Gasteiger partial charge in [0.2, 0.25) is 0 Å². The molecule has 0 spiro atoms. The summed E-state index contributed by atoms with van der Waals surface area (Å²) in [4.78, 5) is 2.15. The second kappa shape index (κ2) is 4.40. The fourth-order valence-electron chi connectivity index (χ4n) is 2.07. The van der Waals surface area contributed by atoms with E-state index in [1.165, 1.54) is 5.69 Å². The molecule has 0 amide bonds. The van der Waals surface area contributed by atoms with Gasteiger partial charge in [-0.25, -0.2) is 0 Å². The minimum atomic E-state index is 0.582. The van der Waals surface area contributed by atoms with Crippen LogP contribution in [0.15, 0.2) is 48.5 Å². The van der Waals surface area contributed by atoms with Crippen LogP contribution in [0.3, 0.4) is 0 Å². The van der Waals surface area contributed by atoms with E-state index in [2.05, 4.69) is 17.0 Å². The van der Waals surface area contributed by atoms with Crippen molar-refractivity contribution in [2.24, 2.45) is 0 Å². The Bertz CT molecular complexity index is 527. The molecule has 0 aromatic heterocycles. The fraction of sp³-hybridized carbons (Fsp3) is 0.143. The largest absolute Gasteiger partial charge is 0.356 e. The average Bonchev–Trinajstić information content (AvgIpc) is 2.39. The lowest BCUT2D eigenvalue weighted by atomic mass is 10.1. The molecule has 2 nitrogen and oxygen atoms in total. The Morgan fingerprint density at radius 2 is 1.88 bits per heavy atom. The van der Waals surface area contributed by atoms with E-state index < -0.39 is 0 Å². The van der Waals surface area contributed by atoms with Gasteiger partial charge in [-0.05, 0) is 30.3 Å². The summed E-state index contributed by atoms with van der Waals surface area (Å²) in [6.07, 6.45) is 0. The molecule has 3 rings (SSSR count). The van der Waals surface area contributed by atoms with Crippen LogP contribution in [0.1, 0.15) is 5.56 Å². The van der Waals surface area contributed by atoms with Crippen molar-refractivity contribution in [2.45, 2.75) is 6.61 Å². The highest BCUT2D eigenvalue weighted by Crippen LogP contribution is 2.33. The molecule has 0 saturated carbocycles. The molecule has 0 saturated heterocycles. The number of hydrogen-bond acceptors (Lipinski definition) is 2. The molecule has 1 heterocycles. The Hall–Kier alpha value is -1.51. The van der Waals surface area contributed by atoms with Gasteiger partial charge in [-0.1, -0.05) is 29.8 Å². The Labute approximate surface area is 105 Å². The van der Waals surface area contributed by atoms with E-state index in [1.54, 1.807) is 0 Å². The molecule has 0 bridgehead atoms. The summed E-state index contributed by atoms with van der Waals surface area (Å²) in [5, 5.41) is 0.752. The van der Waals surface area contributed by atoms with Crippen molar-refractivity contribution in [2.75, 3.05) is 11.6 Å². The number of hydrogen-bond donors (Lipinski definition) is 0. The van der Waals surface area contributed by atoms with Gasteiger partial charge in [0.05, 0.1) is 6.61 Å². The van der Waals surface area contributed by atoms with Crippen molar-refractivity contribution in [3.05, 3.63) is 59.1 Å². The monoisotopic (exact) mass is 245 g/mol. The summed E-state index contributed by atoms with van der Waals surface area (Å²) in [5.41, 5.74) is 3.44. The van der Waals surface area contributed by atoms with Crippen molar-refractivity contribution in [1.29, 1.82) is 0 Å². The first-order chi connectivity index (χ1) is 8.34. The third-order valence-corrected chi connectivity index (χ3v) is 3.11. The molecule has 0 atom stereocenters. The maximum absolute atomic E-state index is 6.00. The number of halogens is 1. The van der Waals surface area contributed by atoms with Crippen LogP contribution in [0.5, 0.6) is 0 Å². The summed E-state index contributed by atoms with van der Waals surface area (Å²) in [7, 11) is 0. The highest BCUT2D eigenvalue weighted by molar-refractivity contribution is 6.30. The number of benzene rings is 2. The number of rotatable bonds is 1. The molecule has 86 valence electrons. The molecule has 0 fully saturated rings. The van der Waals surface area contributed by atoms with Gasteiger partial charge >= 0.3 is 0 Å². The first-order valence-electron chi connectivity index (χ1n) is 5.53. The van der Waals surface area contributed by atoms with Crippen LogP contribution >= 0.6 is 11.6 Å². The topological polar surface area (TPSA) is 12.5 Å². The van der Waals surface area contributed by atoms with Crippen molar-refractivity contribution in [1.82, 2.24) is 0 Å². The smallest absolute Gasteiger partial charge is 0.123 e. The van der Waals surface area contributed by atoms with Gasteiger partial charge in [0.15, 0.2) is 0 Å². The Morgan fingerprint density at radius 3 is 2.71 bits per heavy atom. The predicted octanol–water partition coefficient (Wildman–Crippen LogP) is 3.97. The molecule has 1 aliphatic heterocycles. The lowest BCUT2D eigenvalue weighted by Crippen LogP contribution is -2.26. The molecule has 1 aliphatic rings. The molecule has 0 N–H and O–H groups in total. The molecule has 3 heteroatoms. The van der Waals surface area contributed by atoms with Crippen LogP contribution in [-0.4, -0.2) is 6.73 Å². The third-order valence-electron chi connectivity index (χ3n) is 2.88. The van der Waals surface area contributed by atoms with Crippen molar-refractivity contribution < 1.29 is 4.74 Å². The molecule has 0 radical (unpaired) electrons. The lowest BCUT2D eigenvalue weighted by molar-refractivity contribution is 0.117. The zero-order valence-electron chi connectivity index (χ0n) is 9.27. The van der Waals surface area contributed by atoms with E-state index in [0.29, 0.717) is 13.3 Å². The standard InChI is InChI=1S/C14H12ClNO/c15-12-6-7-14-11(8-12)9-17-10-16(14)13-4-2-1-3-5-13/h1-8H,9-10H2. The summed E-state index contributed by atoms with van der Waals surface area (Å²) in [6, 6.07) is 16.1. The molecule has 0 aliphatic carbocycles. The van der Waals surface area contributed by atoms with Crippen LogP contribution in [0.4, 0.5) is 11.4 Å². The molecule has 17 heavy (non-hydrogen) atoms. The minimum Gasteiger partial charge on any atom is -0.356 e. The minimum absolute atomic E-state index is 0.582. The second-order valence-electron chi connectivity index (χ2n) is 4.01. The second-order valence-corrected chi connectivity index (χ2v) is 4.45. The van der Waals surface area contributed by atoms with Gasteiger partial charge in [-0.2, -0.15) is 0 Å². The maximum Gasteiger partial charge on any atom is 0.123 e. The predicted molar refractivity (Wildman–Crippen MR) is 69.7 cm³/mol. The van der Waals surface area contributed by atoms with Gasteiger partial charge in [-0.3, -0.25) is 0 Å². The van der Waals surface area contributed by atoms with Gasteiger partial charge in [0, 0.05) is 22.0 Å². The van der Waals surface area contributed by atoms with Crippen LogP contribution in [0.2, 0.25) is 5.02 Å². The van der Waals surface area contributed by atoms with Crippen molar-refractivity contribution >= 4 is 23.0 Å². The average molecular weight is 246 g/mol. The van der Waals surface area contributed by atoms with E-state index in [0.717, 1.165) is 16.3 Å². The quantitative estimate of drug-likeness (QED) is 0.754. The highest BCUT2D eigenvalue weighted by atomic mass is 35.5. The van der Waals surface area contributed by atoms with Gasteiger partial charge < -0.3 is 9.64 Å². The summed E-state index contributed by atoms with van der Waals surface area (Å²) >= 11 is 6.00. The van der Waals surface area contributed by atoms with Gasteiger partial charge in [0.25, 0.3) is 0 Å². The summed E-state index contributed by atoms with van der Waals surface area (Å²) in [5.74, 6) is 0. The van der Waals surface area contributed by atoms with Crippen molar-refractivity contribution in [3.8, 4) is 0 Å². The molecule has 2 aromatic rings. The summed E-state index contributed by atoms with van der Waals surface area (Å²) in [6.45, 7) is 1.21. The van der Waals surface area contributed by atoms with Crippen molar-refractivity contribution in [3.63, 3.8) is 0 Å². The summed E-state index contributed by atoms with van der Waals surface area (Å²) < 4.78 is 5.59. The number of nitrogens with zero attached hydrogens (tertiary/aromatic N) is 1. The zero-order chi connectivity index (χ0) is 11.7.